The van der Waals surface area contributed by atoms with Gasteiger partial charge in [-0.25, -0.2) is 0 Å². The van der Waals surface area contributed by atoms with E-state index in [1.807, 2.05) is 6.92 Å². The van der Waals surface area contributed by atoms with Gasteiger partial charge in [0.25, 0.3) is 0 Å². The van der Waals surface area contributed by atoms with Crippen molar-refractivity contribution in [2.45, 2.75) is 39.5 Å². The SMILES string of the molecule is CCC/C(Cl)=C(/CCC)S(=O)(=O)F. The third kappa shape index (κ3) is 4.62. The zero-order chi connectivity index (χ0) is 10.5. The Morgan fingerprint density at radius 3 is 2.00 bits per heavy atom. The number of hydrogen-bond donors (Lipinski definition) is 0. The van der Waals surface area contributed by atoms with E-state index in [0.29, 0.717) is 19.3 Å². The Labute approximate surface area is 84.0 Å². The minimum Gasteiger partial charge on any atom is -0.190 e. The van der Waals surface area contributed by atoms with Crippen molar-refractivity contribution in [1.29, 1.82) is 0 Å². The van der Waals surface area contributed by atoms with Crippen LogP contribution in [0, 0.1) is 0 Å². The summed E-state index contributed by atoms with van der Waals surface area (Å²) in [6.45, 7) is 3.64. The Balaban J connectivity index is 4.89. The molecule has 0 atom stereocenters. The standard InChI is InChI=1S/C8H14ClFO2S/c1-3-5-7(9)8(6-4-2)13(10,11)12/h3-6H2,1-2H3/b8-7+. The molecule has 5 heteroatoms. The maximum Gasteiger partial charge on any atom is 0.329 e. The Morgan fingerprint density at radius 2 is 1.69 bits per heavy atom. The van der Waals surface area contributed by atoms with Crippen molar-refractivity contribution in [3.63, 3.8) is 0 Å². The molecule has 0 saturated carbocycles. The molecule has 0 saturated heterocycles. The van der Waals surface area contributed by atoms with E-state index < -0.39 is 10.2 Å². The van der Waals surface area contributed by atoms with E-state index in [-0.39, 0.29) is 16.4 Å². The molecule has 13 heavy (non-hydrogen) atoms. The molecule has 0 aliphatic heterocycles. The van der Waals surface area contributed by atoms with Gasteiger partial charge in [0.05, 0.1) is 4.91 Å². The smallest absolute Gasteiger partial charge is 0.190 e. The van der Waals surface area contributed by atoms with Crippen LogP contribution in [0.3, 0.4) is 0 Å². The Bertz CT molecular complexity index is 283. The highest BCUT2D eigenvalue weighted by molar-refractivity contribution is 7.90. The molecular weight excluding hydrogens is 215 g/mol. The summed E-state index contributed by atoms with van der Waals surface area (Å²) in [5.74, 6) is 0. The van der Waals surface area contributed by atoms with Gasteiger partial charge in [0.2, 0.25) is 0 Å². The van der Waals surface area contributed by atoms with Crippen LogP contribution >= 0.6 is 11.6 Å². The summed E-state index contributed by atoms with van der Waals surface area (Å²) in [7, 11) is -4.60. The van der Waals surface area contributed by atoms with E-state index in [1.165, 1.54) is 0 Å². The fraction of sp³-hybridized carbons (Fsp3) is 0.750. The predicted molar refractivity (Wildman–Crippen MR) is 52.7 cm³/mol. The van der Waals surface area contributed by atoms with Gasteiger partial charge in [0.1, 0.15) is 0 Å². The van der Waals surface area contributed by atoms with Crippen LogP contribution in [-0.4, -0.2) is 8.42 Å². The largest absolute Gasteiger partial charge is 0.329 e. The van der Waals surface area contributed by atoms with Crippen LogP contribution in [-0.2, 0) is 10.2 Å². The average molecular weight is 229 g/mol. The zero-order valence-corrected chi connectivity index (χ0v) is 9.38. The molecule has 0 aromatic carbocycles. The zero-order valence-electron chi connectivity index (χ0n) is 7.81. The molecule has 0 heterocycles. The topological polar surface area (TPSA) is 34.1 Å². The van der Waals surface area contributed by atoms with Crippen LogP contribution in [0.2, 0.25) is 0 Å². The summed E-state index contributed by atoms with van der Waals surface area (Å²) in [6, 6.07) is 0. The molecule has 0 radical (unpaired) electrons. The number of halogens is 2. The molecule has 0 bridgehead atoms. The highest BCUT2D eigenvalue weighted by Crippen LogP contribution is 2.25. The molecule has 0 aromatic heterocycles. The lowest BCUT2D eigenvalue weighted by atomic mass is 10.2. The second kappa shape index (κ2) is 5.60. The first-order valence-corrected chi connectivity index (χ1v) is 6.01. The van der Waals surface area contributed by atoms with Crippen LogP contribution in [0.15, 0.2) is 9.94 Å². The predicted octanol–water partition coefficient (Wildman–Crippen LogP) is 3.34. The van der Waals surface area contributed by atoms with Crippen LogP contribution in [0.4, 0.5) is 3.89 Å². The van der Waals surface area contributed by atoms with Crippen molar-refractivity contribution in [3.8, 4) is 0 Å². The van der Waals surface area contributed by atoms with Gasteiger partial charge in [-0.15, -0.1) is 3.89 Å². The lowest BCUT2D eigenvalue weighted by Crippen LogP contribution is -1.98. The van der Waals surface area contributed by atoms with Crippen LogP contribution in [0.25, 0.3) is 0 Å². The van der Waals surface area contributed by atoms with Crippen molar-refractivity contribution in [2.75, 3.05) is 0 Å². The normalized spacial score (nSPS) is 14.2. The Hall–Kier alpha value is -0.0900. The summed E-state index contributed by atoms with van der Waals surface area (Å²) >= 11 is 5.67. The van der Waals surface area contributed by atoms with Gasteiger partial charge in [-0.2, -0.15) is 8.42 Å². The van der Waals surface area contributed by atoms with Gasteiger partial charge >= 0.3 is 10.2 Å². The lowest BCUT2D eigenvalue weighted by molar-refractivity contribution is 0.556. The van der Waals surface area contributed by atoms with Gasteiger partial charge in [-0.3, -0.25) is 0 Å². The van der Waals surface area contributed by atoms with Gasteiger partial charge < -0.3 is 0 Å². The maximum absolute atomic E-state index is 12.6. The van der Waals surface area contributed by atoms with Crippen LogP contribution < -0.4 is 0 Å². The minimum atomic E-state index is -4.60. The summed E-state index contributed by atoms with van der Waals surface area (Å²) < 4.78 is 33.9. The molecule has 0 fully saturated rings. The molecule has 0 aliphatic rings. The molecule has 0 amide bonds. The van der Waals surface area contributed by atoms with E-state index >= 15 is 0 Å². The first-order chi connectivity index (χ1) is 5.93. The van der Waals surface area contributed by atoms with Crippen molar-refractivity contribution in [1.82, 2.24) is 0 Å². The second-order valence-corrected chi connectivity index (χ2v) is 4.59. The molecule has 0 unspecified atom stereocenters. The van der Waals surface area contributed by atoms with Gasteiger partial charge in [0, 0.05) is 5.03 Å². The van der Waals surface area contributed by atoms with Crippen molar-refractivity contribution < 1.29 is 12.3 Å². The van der Waals surface area contributed by atoms with Crippen molar-refractivity contribution in [2.24, 2.45) is 0 Å². The molecule has 2 nitrogen and oxygen atoms in total. The van der Waals surface area contributed by atoms with Gasteiger partial charge in [-0.05, 0) is 12.8 Å². The second-order valence-electron chi connectivity index (χ2n) is 2.77. The minimum absolute atomic E-state index is 0.131. The van der Waals surface area contributed by atoms with E-state index in [9.17, 15) is 12.3 Å². The molecular formula is C8H14ClFO2S. The van der Waals surface area contributed by atoms with E-state index in [4.69, 9.17) is 11.6 Å². The number of rotatable bonds is 5. The maximum atomic E-state index is 12.6. The summed E-state index contributed by atoms with van der Waals surface area (Å²) in [4.78, 5) is -0.251. The molecule has 78 valence electrons. The van der Waals surface area contributed by atoms with E-state index in [2.05, 4.69) is 0 Å². The highest BCUT2D eigenvalue weighted by atomic mass is 35.5. The third-order valence-electron chi connectivity index (χ3n) is 1.54. The fourth-order valence-corrected chi connectivity index (χ4v) is 2.35. The summed E-state index contributed by atoms with van der Waals surface area (Å²) in [5.41, 5.74) is 0. The highest BCUT2D eigenvalue weighted by Gasteiger charge is 2.18. The summed E-state index contributed by atoms with van der Waals surface area (Å²) in [6.07, 6.45) is 1.87. The van der Waals surface area contributed by atoms with Crippen molar-refractivity contribution in [3.05, 3.63) is 9.94 Å². The third-order valence-corrected chi connectivity index (χ3v) is 3.11. The van der Waals surface area contributed by atoms with Gasteiger partial charge in [-0.1, -0.05) is 38.3 Å². The average Bonchev–Trinajstić information content (AvgIpc) is 1.98. The first kappa shape index (κ1) is 12.9. The fourth-order valence-electron chi connectivity index (χ4n) is 0.976. The first-order valence-electron chi connectivity index (χ1n) is 4.25. The molecule has 0 N–H and O–H groups in total. The quantitative estimate of drug-likeness (QED) is 0.677. The lowest BCUT2D eigenvalue weighted by Gasteiger charge is -2.03. The molecule has 0 aromatic rings. The number of hydrogen-bond acceptors (Lipinski definition) is 2. The Morgan fingerprint density at radius 1 is 1.23 bits per heavy atom. The summed E-state index contributed by atoms with van der Waals surface area (Å²) in [5, 5.41) is 0.131. The number of allylic oxidation sites excluding steroid dienone is 2. The molecule has 0 rings (SSSR count). The van der Waals surface area contributed by atoms with Crippen molar-refractivity contribution >= 4 is 21.8 Å². The molecule has 0 aliphatic carbocycles. The van der Waals surface area contributed by atoms with E-state index in [0.717, 1.165) is 0 Å². The molecule has 0 spiro atoms. The van der Waals surface area contributed by atoms with E-state index in [1.54, 1.807) is 6.92 Å². The monoisotopic (exact) mass is 228 g/mol. The Kier molecular flexibility index (Phi) is 5.56. The van der Waals surface area contributed by atoms with Crippen LogP contribution in [0.1, 0.15) is 39.5 Å². The van der Waals surface area contributed by atoms with Gasteiger partial charge in [0.15, 0.2) is 0 Å². The van der Waals surface area contributed by atoms with Crippen LogP contribution in [0.5, 0.6) is 0 Å².